The van der Waals surface area contributed by atoms with Gasteiger partial charge in [0.15, 0.2) is 0 Å². The Morgan fingerprint density at radius 1 is 1.26 bits per heavy atom. The van der Waals surface area contributed by atoms with Gasteiger partial charge in [0.2, 0.25) is 15.9 Å². The molecule has 2 aromatic rings. The third kappa shape index (κ3) is 4.33. The van der Waals surface area contributed by atoms with Gasteiger partial charge < -0.3 is 9.88 Å². The van der Waals surface area contributed by atoms with Crippen LogP contribution in [0.1, 0.15) is 19.8 Å². The maximum atomic E-state index is 11.9. The highest BCUT2D eigenvalue weighted by Gasteiger charge is 2.16. The average molecular weight is 337 g/mol. The second kappa shape index (κ2) is 7.14. The lowest BCUT2D eigenvalue weighted by Gasteiger charge is -2.11. The molecule has 126 valence electrons. The van der Waals surface area contributed by atoms with Gasteiger partial charge in [0.25, 0.3) is 0 Å². The van der Waals surface area contributed by atoms with E-state index in [2.05, 4.69) is 16.8 Å². The van der Waals surface area contributed by atoms with Gasteiger partial charge >= 0.3 is 0 Å². The van der Waals surface area contributed by atoms with Gasteiger partial charge in [0, 0.05) is 49.8 Å². The molecule has 0 spiro atoms. The van der Waals surface area contributed by atoms with Crippen molar-refractivity contribution in [3.8, 4) is 0 Å². The maximum absolute atomic E-state index is 11.9. The van der Waals surface area contributed by atoms with Crippen LogP contribution in [-0.4, -0.2) is 43.0 Å². The van der Waals surface area contributed by atoms with Crippen molar-refractivity contribution in [2.45, 2.75) is 26.3 Å². The number of nitrogens with zero attached hydrogens (tertiary/aromatic N) is 2. The van der Waals surface area contributed by atoms with Crippen LogP contribution in [0.5, 0.6) is 0 Å². The molecule has 0 aliphatic rings. The Bertz CT molecular complexity index is 794. The maximum Gasteiger partial charge on any atom is 0.225 e. The fraction of sp³-hybridized carbons (Fsp3) is 0.438. The van der Waals surface area contributed by atoms with Crippen molar-refractivity contribution in [2.24, 2.45) is 0 Å². The number of anilines is 1. The smallest absolute Gasteiger partial charge is 0.225 e. The Hall–Kier alpha value is -1.86. The zero-order chi connectivity index (χ0) is 17.0. The molecule has 1 heterocycles. The van der Waals surface area contributed by atoms with Crippen LogP contribution in [0.3, 0.4) is 0 Å². The normalized spacial score (nSPS) is 12.0. The van der Waals surface area contributed by atoms with Crippen molar-refractivity contribution in [1.29, 1.82) is 0 Å². The molecule has 1 aromatic heterocycles. The van der Waals surface area contributed by atoms with E-state index in [1.807, 2.05) is 30.5 Å². The SMILES string of the molecule is CCCn1ccc2cc(NC(=O)CCS(=O)(=O)N(C)C)ccc21. The second-order valence-electron chi connectivity index (χ2n) is 5.68. The fourth-order valence-electron chi connectivity index (χ4n) is 2.34. The second-order valence-corrected chi connectivity index (χ2v) is 7.98. The van der Waals surface area contributed by atoms with Crippen LogP contribution >= 0.6 is 0 Å². The number of rotatable bonds is 7. The first-order valence-corrected chi connectivity index (χ1v) is 9.23. The van der Waals surface area contributed by atoms with Crippen molar-refractivity contribution in [2.75, 3.05) is 25.2 Å². The fourth-order valence-corrected chi connectivity index (χ4v) is 3.15. The Morgan fingerprint density at radius 2 is 2.00 bits per heavy atom. The number of aryl methyl sites for hydroxylation is 1. The molecule has 0 saturated carbocycles. The van der Waals surface area contributed by atoms with Crippen molar-refractivity contribution in [1.82, 2.24) is 8.87 Å². The quantitative estimate of drug-likeness (QED) is 0.842. The van der Waals surface area contributed by atoms with E-state index in [0.717, 1.165) is 28.2 Å². The molecule has 1 aromatic carbocycles. The number of nitrogens with one attached hydrogen (secondary N) is 1. The highest BCUT2D eigenvalue weighted by molar-refractivity contribution is 7.89. The van der Waals surface area contributed by atoms with Crippen molar-refractivity contribution >= 4 is 32.5 Å². The molecule has 0 saturated heterocycles. The Labute approximate surface area is 137 Å². The summed E-state index contributed by atoms with van der Waals surface area (Å²) < 4.78 is 26.6. The predicted molar refractivity (Wildman–Crippen MR) is 92.9 cm³/mol. The first-order valence-electron chi connectivity index (χ1n) is 7.62. The monoisotopic (exact) mass is 337 g/mol. The minimum Gasteiger partial charge on any atom is -0.347 e. The summed E-state index contributed by atoms with van der Waals surface area (Å²) in [6.07, 6.45) is 3.03. The minimum absolute atomic E-state index is 0.0601. The third-order valence-electron chi connectivity index (χ3n) is 3.66. The largest absolute Gasteiger partial charge is 0.347 e. The van der Waals surface area contributed by atoms with Crippen molar-refractivity contribution in [3.05, 3.63) is 30.5 Å². The van der Waals surface area contributed by atoms with E-state index in [9.17, 15) is 13.2 Å². The Morgan fingerprint density at radius 3 is 2.65 bits per heavy atom. The van der Waals surface area contributed by atoms with Crippen LogP contribution in [-0.2, 0) is 21.4 Å². The number of amides is 1. The molecule has 0 atom stereocenters. The predicted octanol–water partition coefficient (Wildman–Crippen LogP) is 2.27. The van der Waals surface area contributed by atoms with Crippen molar-refractivity contribution in [3.63, 3.8) is 0 Å². The zero-order valence-corrected chi connectivity index (χ0v) is 14.6. The molecule has 1 amide bonds. The molecule has 0 fully saturated rings. The van der Waals surface area contributed by atoms with Gasteiger partial charge in [-0.05, 0) is 30.7 Å². The molecule has 0 radical (unpaired) electrons. The van der Waals surface area contributed by atoms with E-state index in [1.165, 1.54) is 14.1 Å². The highest BCUT2D eigenvalue weighted by atomic mass is 32.2. The molecule has 23 heavy (non-hydrogen) atoms. The Balaban J connectivity index is 2.03. The van der Waals surface area contributed by atoms with E-state index in [4.69, 9.17) is 0 Å². The van der Waals surface area contributed by atoms with Crippen LogP contribution in [0.4, 0.5) is 5.69 Å². The number of benzene rings is 1. The van der Waals surface area contributed by atoms with Crippen LogP contribution in [0, 0.1) is 0 Å². The van der Waals surface area contributed by atoms with Gasteiger partial charge in [0.1, 0.15) is 0 Å². The number of sulfonamides is 1. The Kier molecular flexibility index (Phi) is 5.43. The topological polar surface area (TPSA) is 71.4 Å². The lowest BCUT2D eigenvalue weighted by atomic mass is 10.2. The molecule has 7 heteroatoms. The molecular weight excluding hydrogens is 314 g/mol. The van der Waals surface area contributed by atoms with Crippen LogP contribution in [0.25, 0.3) is 10.9 Å². The summed E-state index contributed by atoms with van der Waals surface area (Å²) in [6.45, 7) is 3.08. The van der Waals surface area contributed by atoms with E-state index in [1.54, 1.807) is 0 Å². The third-order valence-corrected chi connectivity index (χ3v) is 5.50. The lowest BCUT2D eigenvalue weighted by molar-refractivity contribution is -0.115. The number of carbonyl (C=O) groups excluding carboxylic acids is 1. The molecule has 6 nitrogen and oxygen atoms in total. The standard InChI is InChI=1S/C16H23N3O3S/c1-4-9-19-10-7-13-12-14(5-6-15(13)19)17-16(20)8-11-23(21,22)18(2)3/h5-7,10,12H,4,8-9,11H2,1-3H3,(H,17,20). The summed E-state index contributed by atoms with van der Waals surface area (Å²) in [5.41, 5.74) is 1.80. The van der Waals surface area contributed by atoms with E-state index < -0.39 is 10.0 Å². The van der Waals surface area contributed by atoms with Crippen molar-refractivity contribution < 1.29 is 13.2 Å². The lowest BCUT2D eigenvalue weighted by Crippen LogP contribution is -2.27. The van der Waals surface area contributed by atoms with E-state index in [-0.39, 0.29) is 18.1 Å². The summed E-state index contributed by atoms with van der Waals surface area (Å²) in [4.78, 5) is 11.9. The molecule has 0 bridgehead atoms. The molecule has 1 N–H and O–H groups in total. The number of fused-ring (bicyclic) bond motifs is 1. The number of hydrogen-bond acceptors (Lipinski definition) is 3. The first kappa shape index (κ1) is 17.5. The molecule has 0 aliphatic carbocycles. The van der Waals surface area contributed by atoms with Crippen LogP contribution < -0.4 is 5.32 Å². The van der Waals surface area contributed by atoms with E-state index in [0.29, 0.717) is 5.69 Å². The minimum atomic E-state index is -3.35. The first-order chi connectivity index (χ1) is 10.8. The number of hydrogen-bond donors (Lipinski definition) is 1. The van der Waals surface area contributed by atoms with Gasteiger partial charge in [-0.2, -0.15) is 0 Å². The summed E-state index contributed by atoms with van der Waals surface area (Å²) in [6, 6.07) is 7.72. The van der Waals surface area contributed by atoms with E-state index >= 15 is 0 Å². The van der Waals surface area contributed by atoms with Gasteiger partial charge in [-0.3, -0.25) is 4.79 Å². The van der Waals surface area contributed by atoms with Gasteiger partial charge in [-0.1, -0.05) is 6.92 Å². The summed E-state index contributed by atoms with van der Waals surface area (Å²) >= 11 is 0. The zero-order valence-electron chi connectivity index (χ0n) is 13.7. The van der Waals surface area contributed by atoms with Crippen LogP contribution in [0.2, 0.25) is 0 Å². The van der Waals surface area contributed by atoms with Gasteiger partial charge in [-0.15, -0.1) is 0 Å². The summed E-state index contributed by atoms with van der Waals surface area (Å²) in [7, 11) is -0.433. The summed E-state index contributed by atoms with van der Waals surface area (Å²) in [5, 5.41) is 3.81. The average Bonchev–Trinajstić information content (AvgIpc) is 2.88. The number of aromatic nitrogens is 1. The molecular formula is C16H23N3O3S. The van der Waals surface area contributed by atoms with Gasteiger partial charge in [-0.25, -0.2) is 12.7 Å². The van der Waals surface area contributed by atoms with Gasteiger partial charge in [0.05, 0.1) is 5.75 Å². The molecule has 0 unspecified atom stereocenters. The highest BCUT2D eigenvalue weighted by Crippen LogP contribution is 2.21. The summed E-state index contributed by atoms with van der Waals surface area (Å²) in [5.74, 6) is -0.496. The number of carbonyl (C=O) groups is 1. The van der Waals surface area contributed by atoms with Crippen LogP contribution in [0.15, 0.2) is 30.5 Å². The molecule has 2 rings (SSSR count). The molecule has 0 aliphatic heterocycles.